The Labute approximate surface area is 230 Å². The zero-order chi connectivity index (χ0) is 26.9. The Balaban J connectivity index is 1.04. The molecule has 1 aromatic heterocycles. The van der Waals surface area contributed by atoms with Crippen LogP contribution in [0, 0.1) is 0 Å². The molecule has 2 saturated heterocycles. The van der Waals surface area contributed by atoms with E-state index in [0.29, 0.717) is 30.1 Å². The van der Waals surface area contributed by atoms with Crippen LogP contribution in [0.15, 0.2) is 73.1 Å². The van der Waals surface area contributed by atoms with Gasteiger partial charge in [0.05, 0.1) is 0 Å². The number of rotatable bonds is 8. The number of likely N-dealkylation sites (tertiary alicyclic amines) is 1. The molecule has 0 saturated carbocycles. The molecule has 8 nitrogen and oxygen atoms in total. The molecule has 0 spiro atoms. The Morgan fingerprint density at radius 2 is 1.54 bits per heavy atom. The van der Waals surface area contributed by atoms with Gasteiger partial charge in [-0.2, -0.15) is 0 Å². The lowest BCUT2D eigenvalue weighted by molar-refractivity contribution is 0.102. The number of anilines is 1. The highest BCUT2D eigenvalue weighted by Gasteiger charge is 2.22. The van der Waals surface area contributed by atoms with Crippen molar-refractivity contribution in [3.05, 3.63) is 89.7 Å². The number of ether oxygens (including phenoxy) is 1. The smallest absolute Gasteiger partial charge is 0.410 e. The quantitative estimate of drug-likeness (QED) is 0.459. The van der Waals surface area contributed by atoms with Crippen LogP contribution in [0.3, 0.4) is 0 Å². The summed E-state index contributed by atoms with van der Waals surface area (Å²) in [6.07, 6.45) is 8.15. The highest BCUT2D eigenvalue weighted by molar-refractivity contribution is 6.04. The largest absolute Gasteiger partial charge is 0.415 e. The number of piperidine rings is 1. The van der Waals surface area contributed by atoms with Gasteiger partial charge in [-0.15, -0.1) is 0 Å². The van der Waals surface area contributed by atoms with E-state index in [2.05, 4.69) is 26.2 Å². The van der Waals surface area contributed by atoms with Gasteiger partial charge in [-0.25, -0.2) is 4.79 Å². The first-order valence-corrected chi connectivity index (χ1v) is 13.9. The van der Waals surface area contributed by atoms with E-state index in [1.54, 1.807) is 35.4 Å². The fraction of sp³-hybridized carbons (Fsp3) is 0.387. The maximum absolute atomic E-state index is 12.7. The lowest BCUT2D eigenvalue weighted by Crippen LogP contribution is -2.49. The predicted molar refractivity (Wildman–Crippen MR) is 152 cm³/mol. The SMILES string of the molecule is O=C(Nc1ccc(OC(=O)N2CCN(CCc3cccnc3)CC2)cc1)c1ccc(CN2CCCCC2)cc1. The van der Waals surface area contributed by atoms with Gasteiger partial charge in [0.2, 0.25) is 0 Å². The monoisotopic (exact) mass is 527 g/mol. The van der Waals surface area contributed by atoms with Crippen molar-refractivity contribution in [1.29, 1.82) is 0 Å². The molecule has 39 heavy (non-hydrogen) atoms. The van der Waals surface area contributed by atoms with Crippen LogP contribution < -0.4 is 10.1 Å². The van der Waals surface area contributed by atoms with Gasteiger partial charge in [0.1, 0.15) is 5.75 Å². The minimum atomic E-state index is -0.344. The van der Waals surface area contributed by atoms with Crippen LogP contribution in [0.4, 0.5) is 10.5 Å². The van der Waals surface area contributed by atoms with Crippen LogP contribution in [-0.2, 0) is 13.0 Å². The van der Waals surface area contributed by atoms with Crippen molar-refractivity contribution < 1.29 is 14.3 Å². The number of hydrogen-bond acceptors (Lipinski definition) is 6. The van der Waals surface area contributed by atoms with E-state index in [-0.39, 0.29) is 12.0 Å². The van der Waals surface area contributed by atoms with Crippen LogP contribution in [0.1, 0.15) is 40.7 Å². The second-order valence-corrected chi connectivity index (χ2v) is 10.3. The summed E-state index contributed by atoms with van der Waals surface area (Å²) in [7, 11) is 0. The van der Waals surface area contributed by atoms with Crippen LogP contribution in [0.2, 0.25) is 0 Å². The lowest BCUT2D eigenvalue weighted by Gasteiger charge is -2.34. The molecule has 0 unspecified atom stereocenters. The molecule has 8 heteroatoms. The zero-order valence-electron chi connectivity index (χ0n) is 22.4. The summed E-state index contributed by atoms with van der Waals surface area (Å²) < 4.78 is 5.58. The number of amides is 2. The first-order valence-electron chi connectivity index (χ1n) is 13.9. The fourth-order valence-corrected chi connectivity index (χ4v) is 5.10. The zero-order valence-corrected chi connectivity index (χ0v) is 22.4. The highest BCUT2D eigenvalue weighted by Crippen LogP contribution is 2.19. The van der Waals surface area contributed by atoms with Crippen molar-refractivity contribution >= 4 is 17.7 Å². The minimum Gasteiger partial charge on any atom is -0.410 e. The minimum absolute atomic E-state index is 0.161. The normalized spacial score (nSPS) is 16.6. The van der Waals surface area contributed by atoms with E-state index in [0.717, 1.165) is 45.7 Å². The van der Waals surface area contributed by atoms with Gasteiger partial charge in [-0.1, -0.05) is 24.6 Å². The Morgan fingerprint density at radius 1 is 0.795 bits per heavy atom. The van der Waals surface area contributed by atoms with Crippen molar-refractivity contribution in [2.75, 3.05) is 51.1 Å². The molecule has 0 bridgehead atoms. The van der Waals surface area contributed by atoms with E-state index >= 15 is 0 Å². The van der Waals surface area contributed by atoms with Gasteiger partial charge < -0.3 is 15.0 Å². The van der Waals surface area contributed by atoms with E-state index in [9.17, 15) is 9.59 Å². The second-order valence-electron chi connectivity index (χ2n) is 10.3. The summed E-state index contributed by atoms with van der Waals surface area (Å²) in [6.45, 7) is 7.09. The lowest BCUT2D eigenvalue weighted by atomic mass is 10.1. The topological polar surface area (TPSA) is 78.0 Å². The maximum Gasteiger partial charge on any atom is 0.415 e. The molecular formula is C31H37N5O3. The third kappa shape index (κ3) is 7.88. The summed E-state index contributed by atoms with van der Waals surface area (Å²) >= 11 is 0. The molecular weight excluding hydrogens is 490 g/mol. The van der Waals surface area contributed by atoms with Gasteiger partial charge in [0.25, 0.3) is 5.91 Å². The first kappa shape index (κ1) is 26.8. The number of pyridine rings is 1. The molecule has 2 fully saturated rings. The number of nitrogens with one attached hydrogen (secondary N) is 1. The molecule has 5 rings (SSSR count). The maximum atomic E-state index is 12.7. The van der Waals surface area contributed by atoms with Crippen molar-refractivity contribution in [2.24, 2.45) is 0 Å². The molecule has 3 aromatic rings. The van der Waals surface area contributed by atoms with E-state index in [1.165, 1.54) is 30.4 Å². The first-order chi connectivity index (χ1) is 19.1. The number of carbonyl (C=O) groups is 2. The van der Waals surface area contributed by atoms with Crippen molar-refractivity contribution in [3.8, 4) is 5.75 Å². The van der Waals surface area contributed by atoms with Crippen molar-refractivity contribution in [1.82, 2.24) is 19.7 Å². The number of benzene rings is 2. The molecule has 3 heterocycles. The number of hydrogen-bond donors (Lipinski definition) is 1. The third-order valence-electron chi connectivity index (χ3n) is 7.46. The molecule has 2 aliphatic rings. The summed E-state index contributed by atoms with van der Waals surface area (Å²) in [5.74, 6) is 0.296. The molecule has 2 aliphatic heterocycles. The van der Waals surface area contributed by atoms with Crippen molar-refractivity contribution in [3.63, 3.8) is 0 Å². The number of aromatic nitrogens is 1. The molecule has 204 valence electrons. The van der Waals surface area contributed by atoms with Gasteiger partial charge in [-0.05, 0) is 85.9 Å². The van der Waals surface area contributed by atoms with Crippen LogP contribution in [0.25, 0.3) is 0 Å². The average Bonchev–Trinajstić information content (AvgIpc) is 2.99. The Kier molecular flexibility index (Phi) is 9.19. The second kappa shape index (κ2) is 13.4. The number of nitrogens with zero attached hydrogens (tertiary/aromatic N) is 4. The Morgan fingerprint density at radius 3 is 2.23 bits per heavy atom. The third-order valence-corrected chi connectivity index (χ3v) is 7.46. The van der Waals surface area contributed by atoms with Crippen molar-refractivity contribution in [2.45, 2.75) is 32.2 Å². The Hall–Kier alpha value is -3.75. The summed E-state index contributed by atoms with van der Waals surface area (Å²) in [4.78, 5) is 36.1. The fourth-order valence-electron chi connectivity index (χ4n) is 5.10. The number of piperazine rings is 1. The average molecular weight is 528 g/mol. The molecule has 2 amide bonds. The predicted octanol–water partition coefficient (Wildman–Crippen LogP) is 4.68. The van der Waals surface area contributed by atoms with Crippen LogP contribution in [-0.4, -0.2) is 77.5 Å². The molecule has 0 radical (unpaired) electrons. The van der Waals surface area contributed by atoms with E-state index < -0.39 is 0 Å². The standard InChI is InChI=1S/C31H37N5O3/c37-30(27-8-6-26(7-9-27)24-35-16-2-1-3-17-35)33-28-10-12-29(13-11-28)39-31(38)36-21-19-34(20-22-36)18-14-25-5-4-15-32-23-25/h4-13,15,23H,1-3,14,16-22,24H2,(H,33,37). The van der Waals surface area contributed by atoms with Gasteiger partial charge in [0.15, 0.2) is 0 Å². The van der Waals surface area contributed by atoms with E-state index in [4.69, 9.17) is 4.74 Å². The summed E-state index contributed by atoms with van der Waals surface area (Å²) in [5.41, 5.74) is 3.72. The molecule has 2 aromatic carbocycles. The van der Waals surface area contributed by atoms with Gasteiger partial charge in [0, 0.05) is 62.9 Å². The summed E-state index contributed by atoms with van der Waals surface area (Å²) in [6, 6.07) is 18.8. The highest BCUT2D eigenvalue weighted by atomic mass is 16.6. The molecule has 1 N–H and O–H groups in total. The van der Waals surface area contributed by atoms with Crippen LogP contribution in [0.5, 0.6) is 5.75 Å². The number of carbonyl (C=O) groups excluding carboxylic acids is 2. The molecule has 0 atom stereocenters. The molecule has 0 aliphatic carbocycles. The Bertz CT molecular complexity index is 1200. The van der Waals surface area contributed by atoms with Gasteiger partial charge in [-0.3, -0.25) is 19.6 Å². The van der Waals surface area contributed by atoms with Crippen LogP contribution >= 0.6 is 0 Å². The van der Waals surface area contributed by atoms with E-state index in [1.807, 2.05) is 36.5 Å². The summed E-state index contributed by atoms with van der Waals surface area (Å²) in [5, 5.41) is 2.92. The van der Waals surface area contributed by atoms with Gasteiger partial charge >= 0.3 is 6.09 Å².